The van der Waals surface area contributed by atoms with Gasteiger partial charge in [-0.05, 0) is 31.9 Å². The molecule has 4 rings (SSSR count). The van der Waals surface area contributed by atoms with Crippen LogP contribution in [-0.4, -0.2) is 56.8 Å². The molecule has 0 saturated carbocycles. The first-order chi connectivity index (χ1) is 12.1. The van der Waals surface area contributed by atoms with Crippen LogP contribution in [0.3, 0.4) is 0 Å². The standard InChI is InChI=1S/C17H20N6O2/c1-12-13(2)20-23-11-18-19-16(23)15(12)21-5-3-6-22(8-7-21)17(24)14-4-9-25-10-14/h4,9-11H,3,5-8H2,1-2H3. The van der Waals surface area contributed by atoms with Crippen LogP contribution in [-0.2, 0) is 0 Å². The Hall–Kier alpha value is -2.90. The van der Waals surface area contributed by atoms with Gasteiger partial charge in [-0.1, -0.05) is 0 Å². The van der Waals surface area contributed by atoms with E-state index in [4.69, 9.17) is 4.42 Å². The van der Waals surface area contributed by atoms with Crippen LogP contribution in [0.5, 0.6) is 0 Å². The highest BCUT2D eigenvalue weighted by Crippen LogP contribution is 2.27. The van der Waals surface area contributed by atoms with Crippen LogP contribution in [0.15, 0.2) is 29.3 Å². The minimum Gasteiger partial charge on any atom is -0.472 e. The molecule has 1 amide bonds. The third-order valence-corrected chi connectivity index (χ3v) is 4.77. The van der Waals surface area contributed by atoms with E-state index in [2.05, 4.69) is 27.1 Å². The van der Waals surface area contributed by atoms with Crippen molar-refractivity contribution in [2.45, 2.75) is 20.3 Å². The Kier molecular flexibility index (Phi) is 3.87. The Morgan fingerprint density at radius 2 is 2.08 bits per heavy atom. The molecule has 8 nitrogen and oxygen atoms in total. The van der Waals surface area contributed by atoms with Gasteiger partial charge in [0.25, 0.3) is 5.91 Å². The largest absolute Gasteiger partial charge is 0.472 e. The van der Waals surface area contributed by atoms with Crippen molar-refractivity contribution in [3.63, 3.8) is 0 Å². The maximum atomic E-state index is 12.6. The molecule has 0 aromatic carbocycles. The number of carbonyl (C=O) groups excluding carboxylic acids is 1. The zero-order valence-electron chi connectivity index (χ0n) is 14.3. The molecule has 3 aromatic heterocycles. The van der Waals surface area contributed by atoms with Gasteiger partial charge in [-0.3, -0.25) is 4.79 Å². The number of aryl methyl sites for hydroxylation is 1. The molecule has 4 heterocycles. The number of aromatic nitrogens is 4. The van der Waals surface area contributed by atoms with Gasteiger partial charge in [0, 0.05) is 26.2 Å². The summed E-state index contributed by atoms with van der Waals surface area (Å²) in [7, 11) is 0. The van der Waals surface area contributed by atoms with Crippen LogP contribution in [0.25, 0.3) is 5.65 Å². The van der Waals surface area contributed by atoms with Crippen molar-refractivity contribution in [2.75, 3.05) is 31.1 Å². The van der Waals surface area contributed by atoms with Crippen LogP contribution in [0.1, 0.15) is 28.0 Å². The van der Waals surface area contributed by atoms with E-state index in [1.807, 2.05) is 11.8 Å². The molecule has 8 heteroatoms. The smallest absolute Gasteiger partial charge is 0.257 e. The number of fused-ring (bicyclic) bond motifs is 1. The van der Waals surface area contributed by atoms with E-state index in [9.17, 15) is 4.79 Å². The lowest BCUT2D eigenvalue weighted by Crippen LogP contribution is -2.35. The number of carbonyl (C=O) groups is 1. The molecule has 1 saturated heterocycles. The maximum Gasteiger partial charge on any atom is 0.257 e. The Bertz CT molecular complexity index is 901. The van der Waals surface area contributed by atoms with Crippen molar-refractivity contribution in [3.05, 3.63) is 41.7 Å². The number of nitrogens with zero attached hydrogens (tertiary/aromatic N) is 6. The number of rotatable bonds is 2. The molecule has 0 atom stereocenters. The van der Waals surface area contributed by atoms with E-state index in [1.165, 1.54) is 12.5 Å². The predicted octanol–water partition coefficient (Wildman–Crippen LogP) is 1.69. The summed E-state index contributed by atoms with van der Waals surface area (Å²) < 4.78 is 6.75. The number of anilines is 1. The SMILES string of the molecule is Cc1nn2cnnc2c(N2CCCN(C(=O)c3ccoc3)CC2)c1C. The Morgan fingerprint density at radius 1 is 1.20 bits per heavy atom. The molecule has 0 N–H and O–H groups in total. The van der Waals surface area contributed by atoms with E-state index in [0.29, 0.717) is 12.1 Å². The Labute approximate surface area is 145 Å². The third kappa shape index (κ3) is 2.73. The Balaban J connectivity index is 1.60. The Morgan fingerprint density at radius 3 is 2.88 bits per heavy atom. The van der Waals surface area contributed by atoms with Crippen LogP contribution in [0.2, 0.25) is 0 Å². The van der Waals surface area contributed by atoms with E-state index in [-0.39, 0.29) is 5.91 Å². The number of furan rings is 1. The fraction of sp³-hybridized carbons (Fsp3) is 0.412. The average Bonchev–Trinajstić information content (AvgIpc) is 3.23. The van der Waals surface area contributed by atoms with Crippen molar-refractivity contribution in [1.82, 2.24) is 24.7 Å². The summed E-state index contributed by atoms with van der Waals surface area (Å²) in [6, 6.07) is 1.71. The highest BCUT2D eigenvalue weighted by molar-refractivity contribution is 5.93. The maximum absolute atomic E-state index is 12.6. The summed E-state index contributed by atoms with van der Waals surface area (Å²) in [5, 5.41) is 12.7. The summed E-state index contributed by atoms with van der Waals surface area (Å²) in [6.07, 6.45) is 5.55. The molecule has 1 aliphatic rings. The molecule has 3 aromatic rings. The summed E-state index contributed by atoms with van der Waals surface area (Å²) in [4.78, 5) is 16.7. The monoisotopic (exact) mass is 340 g/mol. The first kappa shape index (κ1) is 15.6. The summed E-state index contributed by atoms with van der Waals surface area (Å²) in [5.41, 5.74) is 4.48. The van der Waals surface area contributed by atoms with Crippen LogP contribution >= 0.6 is 0 Å². The second-order valence-electron chi connectivity index (χ2n) is 6.30. The van der Waals surface area contributed by atoms with Gasteiger partial charge in [-0.25, -0.2) is 0 Å². The van der Waals surface area contributed by atoms with Crippen molar-refractivity contribution in [2.24, 2.45) is 0 Å². The van der Waals surface area contributed by atoms with Crippen LogP contribution in [0.4, 0.5) is 5.69 Å². The average molecular weight is 340 g/mol. The molecule has 0 aliphatic carbocycles. The van der Waals surface area contributed by atoms with Crippen LogP contribution < -0.4 is 4.90 Å². The minimum absolute atomic E-state index is 0.0193. The van der Waals surface area contributed by atoms with Gasteiger partial charge >= 0.3 is 0 Å². The van der Waals surface area contributed by atoms with Gasteiger partial charge < -0.3 is 14.2 Å². The van der Waals surface area contributed by atoms with Crippen molar-refractivity contribution < 1.29 is 9.21 Å². The van der Waals surface area contributed by atoms with Gasteiger partial charge in [0.15, 0.2) is 0 Å². The molecule has 25 heavy (non-hydrogen) atoms. The van der Waals surface area contributed by atoms with Crippen molar-refractivity contribution in [1.29, 1.82) is 0 Å². The zero-order valence-corrected chi connectivity index (χ0v) is 14.3. The molecular weight excluding hydrogens is 320 g/mol. The fourth-order valence-electron chi connectivity index (χ4n) is 3.33. The molecule has 0 radical (unpaired) electrons. The number of hydrogen-bond acceptors (Lipinski definition) is 6. The number of amides is 1. The lowest BCUT2D eigenvalue weighted by molar-refractivity contribution is 0.0766. The molecule has 1 aliphatic heterocycles. The van der Waals surface area contributed by atoms with Gasteiger partial charge in [0.1, 0.15) is 12.6 Å². The van der Waals surface area contributed by atoms with Gasteiger partial charge in [-0.2, -0.15) is 9.61 Å². The number of hydrogen-bond donors (Lipinski definition) is 0. The summed E-state index contributed by atoms with van der Waals surface area (Å²) >= 11 is 0. The first-order valence-electron chi connectivity index (χ1n) is 8.39. The second-order valence-corrected chi connectivity index (χ2v) is 6.30. The van der Waals surface area contributed by atoms with E-state index < -0.39 is 0 Å². The highest BCUT2D eigenvalue weighted by Gasteiger charge is 2.24. The topological polar surface area (TPSA) is 79.8 Å². The summed E-state index contributed by atoms with van der Waals surface area (Å²) in [6.45, 7) is 7.05. The van der Waals surface area contributed by atoms with Crippen molar-refractivity contribution in [3.8, 4) is 0 Å². The molecule has 0 spiro atoms. The quantitative estimate of drug-likeness (QED) is 0.706. The first-order valence-corrected chi connectivity index (χ1v) is 8.39. The molecule has 130 valence electrons. The second kappa shape index (κ2) is 6.19. The summed E-state index contributed by atoms with van der Waals surface area (Å²) in [5.74, 6) is 0.0193. The molecule has 0 bridgehead atoms. The minimum atomic E-state index is 0.0193. The predicted molar refractivity (Wildman–Crippen MR) is 91.7 cm³/mol. The van der Waals surface area contributed by atoms with Gasteiger partial charge in [0.05, 0.1) is 23.2 Å². The molecular formula is C17H20N6O2. The third-order valence-electron chi connectivity index (χ3n) is 4.77. The lowest BCUT2D eigenvalue weighted by atomic mass is 10.2. The van der Waals surface area contributed by atoms with E-state index in [1.54, 1.807) is 16.9 Å². The highest BCUT2D eigenvalue weighted by atomic mass is 16.3. The van der Waals surface area contributed by atoms with Gasteiger partial charge in [0.2, 0.25) is 5.65 Å². The van der Waals surface area contributed by atoms with Crippen LogP contribution in [0, 0.1) is 13.8 Å². The van der Waals surface area contributed by atoms with E-state index >= 15 is 0 Å². The normalized spacial score (nSPS) is 15.6. The fourth-order valence-corrected chi connectivity index (χ4v) is 3.33. The van der Waals surface area contributed by atoms with Crippen molar-refractivity contribution >= 4 is 17.2 Å². The molecule has 1 fully saturated rings. The lowest BCUT2D eigenvalue weighted by Gasteiger charge is -2.25. The van der Waals surface area contributed by atoms with E-state index in [0.717, 1.165) is 48.6 Å². The zero-order chi connectivity index (χ0) is 17.4. The van der Waals surface area contributed by atoms with Gasteiger partial charge in [-0.15, -0.1) is 10.2 Å². The molecule has 0 unspecified atom stereocenters.